The molecule has 3 rings (SSSR count). The normalized spacial score (nSPS) is 15.8. The highest BCUT2D eigenvalue weighted by Crippen LogP contribution is 2.32. The van der Waals surface area contributed by atoms with E-state index in [1.165, 1.54) is 37.2 Å². The summed E-state index contributed by atoms with van der Waals surface area (Å²) in [7, 11) is 0. The minimum absolute atomic E-state index is 0.249. The average Bonchev–Trinajstić information content (AvgIpc) is 3.10. The van der Waals surface area contributed by atoms with Crippen LogP contribution in [0, 0.1) is 6.92 Å². The van der Waals surface area contributed by atoms with Crippen LogP contribution in [0.5, 0.6) is 0 Å². The molecule has 1 aliphatic rings. The zero-order valence-corrected chi connectivity index (χ0v) is 14.3. The Morgan fingerprint density at radius 1 is 1.26 bits per heavy atom. The van der Waals surface area contributed by atoms with Crippen molar-refractivity contribution in [2.24, 2.45) is 0 Å². The lowest BCUT2D eigenvalue weighted by Crippen LogP contribution is -2.22. The van der Waals surface area contributed by atoms with E-state index in [-0.39, 0.29) is 6.04 Å². The highest BCUT2D eigenvalue weighted by Gasteiger charge is 2.21. The molecule has 1 aromatic carbocycles. The molecule has 0 unspecified atom stereocenters. The van der Waals surface area contributed by atoms with Crippen molar-refractivity contribution >= 4 is 16.9 Å². The van der Waals surface area contributed by atoms with E-state index in [0.717, 1.165) is 23.9 Å². The Morgan fingerprint density at radius 3 is 2.57 bits per heavy atom. The number of aromatic nitrogens is 1. The lowest BCUT2D eigenvalue weighted by molar-refractivity contribution is 0.0698. The second kappa shape index (κ2) is 6.36. The quantitative estimate of drug-likeness (QED) is 0.911. The number of aromatic carboxylic acids is 1. The molecule has 0 atom stereocenters. The number of carboxylic acids is 1. The third-order valence-corrected chi connectivity index (χ3v) is 5.02. The van der Waals surface area contributed by atoms with Crippen LogP contribution in [0.15, 0.2) is 18.2 Å². The van der Waals surface area contributed by atoms with Crippen LogP contribution < -0.4 is 0 Å². The van der Waals surface area contributed by atoms with Gasteiger partial charge < -0.3 is 14.6 Å². The van der Waals surface area contributed by atoms with Gasteiger partial charge in [0, 0.05) is 23.7 Å². The monoisotopic (exact) mass is 314 g/mol. The molecule has 0 bridgehead atoms. The first kappa shape index (κ1) is 16.1. The molecule has 1 fully saturated rings. The standard InChI is InChI=1S/C19H26N2O2/c1-13(2)21-14(3)15(9-12-20-10-4-5-11-20)16-7-6-8-17(18(16)21)19(22)23/h6-8,13H,4-5,9-12H2,1-3H3,(H,22,23). The zero-order valence-electron chi connectivity index (χ0n) is 14.3. The lowest BCUT2D eigenvalue weighted by Gasteiger charge is -2.15. The van der Waals surface area contributed by atoms with Gasteiger partial charge in [-0.1, -0.05) is 12.1 Å². The first-order valence-corrected chi connectivity index (χ1v) is 8.58. The summed E-state index contributed by atoms with van der Waals surface area (Å²) in [6, 6.07) is 5.91. The number of para-hydroxylation sites is 1. The number of likely N-dealkylation sites (tertiary alicyclic amines) is 1. The molecular weight excluding hydrogens is 288 g/mol. The van der Waals surface area contributed by atoms with E-state index in [1.54, 1.807) is 6.07 Å². The van der Waals surface area contributed by atoms with Crippen molar-refractivity contribution in [3.8, 4) is 0 Å². The van der Waals surface area contributed by atoms with Gasteiger partial charge in [0.15, 0.2) is 0 Å². The fourth-order valence-electron chi connectivity index (χ4n) is 3.96. The third kappa shape index (κ3) is 2.88. The lowest BCUT2D eigenvalue weighted by atomic mass is 10.1. The summed E-state index contributed by atoms with van der Waals surface area (Å²) in [4.78, 5) is 14.2. The third-order valence-electron chi connectivity index (χ3n) is 5.02. The van der Waals surface area contributed by atoms with Crippen LogP contribution in [0.2, 0.25) is 0 Å². The molecule has 2 aromatic rings. The van der Waals surface area contributed by atoms with Crippen molar-refractivity contribution in [3.05, 3.63) is 35.0 Å². The van der Waals surface area contributed by atoms with Gasteiger partial charge in [0.1, 0.15) is 0 Å². The molecule has 1 aromatic heterocycles. The maximum absolute atomic E-state index is 11.7. The van der Waals surface area contributed by atoms with E-state index in [9.17, 15) is 9.90 Å². The van der Waals surface area contributed by atoms with E-state index in [1.807, 2.05) is 6.07 Å². The Morgan fingerprint density at radius 2 is 1.96 bits per heavy atom. The van der Waals surface area contributed by atoms with E-state index in [2.05, 4.69) is 36.3 Å². The summed E-state index contributed by atoms with van der Waals surface area (Å²) in [6.07, 6.45) is 3.59. The van der Waals surface area contributed by atoms with Gasteiger partial charge in [0.05, 0.1) is 11.1 Å². The number of carbonyl (C=O) groups is 1. The molecule has 1 saturated heterocycles. The number of benzene rings is 1. The number of hydrogen-bond donors (Lipinski definition) is 1. The highest BCUT2D eigenvalue weighted by molar-refractivity contribution is 6.04. The van der Waals surface area contributed by atoms with Gasteiger partial charge in [0.25, 0.3) is 0 Å². The van der Waals surface area contributed by atoms with Crippen molar-refractivity contribution in [2.75, 3.05) is 19.6 Å². The van der Waals surface area contributed by atoms with Crippen molar-refractivity contribution in [1.82, 2.24) is 9.47 Å². The molecule has 0 amide bonds. The largest absolute Gasteiger partial charge is 0.478 e. The van der Waals surface area contributed by atoms with Crippen LogP contribution in [0.4, 0.5) is 0 Å². The van der Waals surface area contributed by atoms with E-state index < -0.39 is 5.97 Å². The maximum Gasteiger partial charge on any atom is 0.337 e. The topological polar surface area (TPSA) is 45.5 Å². The maximum atomic E-state index is 11.7. The fraction of sp³-hybridized carbons (Fsp3) is 0.526. The Labute approximate surface area is 137 Å². The van der Waals surface area contributed by atoms with E-state index >= 15 is 0 Å². The smallest absolute Gasteiger partial charge is 0.337 e. The summed E-state index contributed by atoms with van der Waals surface area (Å²) >= 11 is 0. The highest BCUT2D eigenvalue weighted by atomic mass is 16.4. The first-order valence-electron chi connectivity index (χ1n) is 8.58. The van der Waals surface area contributed by atoms with E-state index in [4.69, 9.17) is 0 Å². The first-order chi connectivity index (χ1) is 11.0. The number of hydrogen-bond acceptors (Lipinski definition) is 2. The molecular formula is C19H26N2O2. The molecule has 23 heavy (non-hydrogen) atoms. The second-order valence-corrected chi connectivity index (χ2v) is 6.83. The molecule has 0 saturated carbocycles. The molecule has 0 radical (unpaired) electrons. The van der Waals surface area contributed by atoms with Crippen molar-refractivity contribution in [1.29, 1.82) is 0 Å². The number of rotatable bonds is 5. The predicted molar refractivity (Wildman–Crippen MR) is 93.4 cm³/mol. The van der Waals surface area contributed by atoms with Gasteiger partial charge in [-0.05, 0) is 64.8 Å². The number of carboxylic acid groups (broad SMARTS) is 1. The van der Waals surface area contributed by atoms with Crippen LogP contribution in [0.1, 0.15) is 54.3 Å². The van der Waals surface area contributed by atoms with Crippen molar-refractivity contribution < 1.29 is 9.90 Å². The summed E-state index contributed by atoms with van der Waals surface area (Å²) in [5.74, 6) is -0.846. The summed E-state index contributed by atoms with van der Waals surface area (Å²) < 4.78 is 2.19. The zero-order chi connectivity index (χ0) is 16.6. The minimum Gasteiger partial charge on any atom is -0.478 e. The molecule has 1 aliphatic heterocycles. The summed E-state index contributed by atoms with van der Waals surface area (Å²) in [6.45, 7) is 9.83. The summed E-state index contributed by atoms with van der Waals surface area (Å²) in [5, 5.41) is 10.7. The number of fused-ring (bicyclic) bond motifs is 1. The SMILES string of the molecule is Cc1c(CCN2CCCC2)c2cccc(C(=O)O)c2n1C(C)C. The molecule has 124 valence electrons. The van der Waals surface area contributed by atoms with Crippen LogP contribution in [0.25, 0.3) is 10.9 Å². The molecule has 0 spiro atoms. The Balaban J connectivity index is 2.08. The van der Waals surface area contributed by atoms with Gasteiger partial charge in [-0.25, -0.2) is 4.79 Å². The van der Waals surface area contributed by atoms with Crippen LogP contribution >= 0.6 is 0 Å². The fourth-order valence-corrected chi connectivity index (χ4v) is 3.96. The van der Waals surface area contributed by atoms with Crippen LogP contribution in [-0.2, 0) is 6.42 Å². The number of nitrogens with zero attached hydrogens (tertiary/aromatic N) is 2. The Hall–Kier alpha value is -1.81. The predicted octanol–water partition coefficient (Wildman–Crippen LogP) is 3.87. The summed E-state index contributed by atoms with van der Waals surface area (Å²) in [5.41, 5.74) is 3.81. The second-order valence-electron chi connectivity index (χ2n) is 6.83. The van der Waals surface area contributed by atoms with Crippen molar-refractivity contribution in [3.63, 3.8) is 0 Å². The average molecular weight is 314 g/mol. The van der Waals surface area contributed by atoms with Gasteiger partial charge >= 0.3 is 5.97 Å². The van der Waals surface area contributed by atoms with Gasteiger partial charge in [0.2, 0.25) is 0 Å². The molecule has 4 heteroatoms. The van der Waals surface area contributed by atoms with Crippen LogP contribution in [-0.4, -0.2) is 40.2 Å². The molecule has 1 N–H and O–H groups in total. The van der Waals surface area contributed by atoms with E-state index in [0.29, 0.717) is 5.56 Å². The molecule has 0 aliphatic carbocycles. The van der Waals surface area contributed by atoms with Gasteiger partial charge in [-0.15, -0.1) is 0 Å². The Kier molecular flexibility index (Phi) is 4.44. The molecule has 2 heterocycles. The van der Waals surface area contributed by atoms with Crippen LogP contribution in [0.3, 0.4) is 0 Å². The van der Waals surface area contributed by atoms with Gasteiger partial charge in [-0.2, -0.15) is 0 Å². The Bertz CT molecular complexity index is 725. The van der Waals surface area contributed by atoms with Crippen molar-refractivity contribution in [2.45, 2.75) is 46.1 Å². The molecule has 4 nitrogen and oxygen atoms in total. The minimum atomic E-state index is -0.846. The van der Waals surface area contributed by atoms with Gasteiger partial charge in [-0.3, -0.25) is 0 Å².